The van der Waals surface area contributed by atoms with Gasteiger partial charge in [0.2, 0.25) is 0 Å². The lowest BCUT2D eigenvalue weighted by molar-refractivity contribution is -0.384. The Hall–Kier alpha value is -2.89. The predicted molar refractivity (Wildman–Crippen MR) is 88.0 cm³/mol. The van der Waals surface area contributed by atoms with Crippen LogP contribution in [0, 0.1) is 10.1 Å². The molecule has 0 fully saturated rings. The summed E-state index contributed by atoms with van der Waals surface area (Å²) in [5, 5.41) is 19.5. The molecule has 0 aliphatic carbocycles. The predicted octanol–water partition coefficient (Wildman–Crippen LogP) is 3.99. The molecule has 0 radical (unpaired) electrons. The minimum absolute atomic E-state index is 0.0487. The van der Waals surface area contributed by atoms with E-state index in [1.165, 1.54) is 12.1 Å². The van der Waals surface area contributed by atoms with Gasteiger partial charge in [-0.15, -0.1) is 0 Å². The summed E-state index contributed by atoms with van der Waals surface area (Å²) in [7, 11) is 0. The lowest BCUT2D eigenvalue weighted by Gasteiger charge is -2.25. The van der Waals surface area contributed by atoms with E-state index in [0.29, 0.717) is 13.0 Å². The molecule has 0 saturated carbocycles. The highest BCUT2D eigenvalue weighted by molar-refractivity contribution is 5.66. The Labute approximate surface area is 134 Å². The van der Waals surface area contributed by atoms with Crippen molar-refractivity contribution in [2.24, 2.45) is 0 Å². The van der Waals surface area contributed by atoms with Gasteiger partial charge < -0.3 is 10.0 Å². The average Bonchev–Trinajstić information content (AvgIpc) is 2.55. The highest BCUT2D eigenvalue weighted by Crippen LogP contribution is 2.27. The monoisotopic (exact) mass is 314 g/mol. The summed E-state index contributed by atoms with van der Waals surface area (Å²) < 4.78 is 0. The zero-order valence-corrected chi connectivity index (χ0v) is 12.6. The molecule has 0 amide bonds. The van der Waals surface area contributed by atoms with Gasteiger partial charge in [0, 0.05) is 36.5 Å². The number of nitrogens with zero attached hydrogens (tertiary/aromatic N) is 2. The minimum atomic E-state index is -0.799. The van der Waals surface area contributed by atoms with Crippen LogP contribution in [0.1, 0.15) is 19.3 Å². The van der Waals surface area contributed by atoms with E-state index in [1.807, 2.05) is 35.2 Å². The zero-order valence-electron chi connectivity index (χ0n) is 12.6. The topological polar surface area (TPSA) is 83.7 Å². The molecule has 2 rings (SSSR count). The largest absolute Gasteiger partial charge is 0.481 e. The number of hydrogen-bond donors (Lipinski definition) is 1. The number of nitro groups is 1. The third-order valence-electron chi connectivity index (χ3n) is 3.46. The Kier molecular flexibility index (Phi) is 5.68. The molecule has 0 atom stereocenters. The number of carbonyl (C=O) groups is 1. The maximum absolute atomic E-state index is 10.8. The molecule has 120 valence electrons. The van der Waals surface area contributed by atoms with Gasteiger partial charge in [0.25, 0.3) is 5.69 Å². The summed E-state index contributed by atoms with van der Waals surface area (Å²) in [4.78, 5) is 23.0. The number of anilines is 2. The molecule has 1 N–H and O–H groups in total. The Morgan fingerprint density at radius 3 is 2.17 bits per heavy atom. The molecule has 0 bridgehead atoms. The second kappa shape index (κ2) is 7.93. The Bertz CT molecular complexity index is 656. The molecular weight excluding hydrogens is 296 g/mol. The van der Waals surface area contributed by atoms with Gasteiger partial charge in [0.1, 0.15) is 0 Å². The number of unbranched alkanes of at least 4 members (excludes halogenated alkanes) is 1. The smallest absolute Gasteiger partial charge is 0.303 e. The number of hydrogen-bond acceptors (Lipinski definition) is 4. The molecule has 23 heavy (non-hydrogen) atoms. The van der Waals surface area contributed by atoms with E-state index in [0.717, 1.165) is 17.8 Å². The normalized spacial score (nSPS) is 10.3. The summed E-state index contributed by atoms with van der Waals surface area (Å²) in [5.41, 5.74) is 1.86. The van der Waals surface area contributed by atoms with Crippen molar-refractivity contribution in [3.05, 3.63) is 64.7 Å². The molecule has 6 heteroatoms. The summed E-state index contributed by atoms with van der Waals surface area (Å²) in [6.45, 7) is 0.648. The van der Waals surface area contributed by atoms with Crippen LogP contribution in [0.15, 0.2) is 54.6 Å². The summed E-state index contributed by atoms with van der Waals surface area (Å²) in [5.74, 6) is -0.799. The number of carboxylic acid groups (broad SMARTS) is 1. The third-order valence-corrected chi connectivity index (χ3v) is 3.46. The zero-order chi connectivity index (χ0) is 16.7. The van der Waals surface area contributed by atoms with E-state index >= 15 is 0 Å². The number of para-hydroxylation sites is 1. The van der Waals surface area contributed by atoms with Gasteiger partial charge in [-0.05, 0) is 37.1 Å². The quantitative estimate of drug-likeness (QED) is 0.452. The first-order valence-corrected chi connectivity index (χ1v) is 7.37. The Balaban J connectivity index is 2.16. The Morgan fingerprint density at radius 1 is 1.00 bits per heavy atom. The van der Waals surface area contributed by atoms with Gasteiger partial charge in [-0.1, -0.05) is 18.2 Å². The molecule has 0 spiro atoms. The number of non-ortho nitro benzene ring substituents is 1. The van der Waals surface area contributed by atoms with Crippen molar-refractivity contribution >= 4 is 23.0 Å². The number of aliphatic carboxylic acids is 1. The summed E-state index contributed by atoms with van der Waals surface area (Å²) in [6, 6.07) is 16.0. The maximum atomic E-state index is 10.8. The van der Waals surface area contributed by atoms with E-state index < -0.39 is 10.9 Å². The molecule has 0 aliphatic heterocycles. The van der Waals surface area contributed by atoms with Crippen molar-refractivity contribution < 1.29 is 14.8 Å². The average molecular weight is 314 g/mol. The third kappa shape index (κ3) is 4.81. The lowest BCUT2D eigenvalue weighted by atomic mass is 10.2. The molecule has 0 aliphatic rings. The van der Waals surface area contributed by atoms with Gasteiger partial charge >= 0.3 is 5.97 Å². The van der Waals surface area contributed by atoms with Crippen LogP contribution in [-0.2, 0) is 4.79 Å². The summed E-state index contributed by atoms with van der Waals surface area (Å²) >= 11 is 0. The van der Waals surface area contributed by atoms with Gasteiger partial charge in [0.15, 0.2) is 0 Å². The van der Waals surface area contributed by atoms with Crippen LogP contribution in [0.5, 0.6) is 0 Å². The fourth-order valence-corrected chi connectivity index (χ4v) is 2.32. The Morgan fingerprint density at radius 2 is 1.61 bits per heavy atom. The van der Waals surface area contributed by atoms with E-state index in [4.69, 9.17) is 5.11 Å². The highest BCUT2D eigenvalue weighted by atomic mass is 16.6. The second-order valence-electron chi connectivity index (χ2n) is 5.11. The van der Waals surface area contributed by atoms with Gasteiger partial charge in [-0.2, -0.15) is 0 Å². The first kappa shape index (κ1) is 16.5. The first-order valence-electron chi connectivity index (χ1n) is 7.37. The molecule has 2 aromatic carbocycles. The number of rotatable bonds is 8. The molecule has 2 aromatic rings. The van der Waals surface area contributed by atoms with E-state index in [2.05, 4.69) is 0 Å². The number of carboxylic acids is 1. The van der Waals surface area contributed by atoms with Gasteiger partial charge in [-0.3, -0.25) is 14.9 Å². The van der Waals surface area contributed by atoms with Crippen molar-refractivity contribution in [3.8, 4) is 0 Å². The first-order chi connectivity index (χ1) is 11.1. The molecule has 6 nitrogen and oxygen atoms in total. The van der Waals surface area contributed by atoms with Crippen molar-refractivity contribution in [3.63, 3.8) is 0 Å². The maximum Gasteiger partial charge on any atom is 0.303 e. The number of nitro benzene ring substituents is 1. The minimum Gasteiger partial charge on any atom is -0.481 e. The SMILES string of the molecule is O=C(O)CCCCN(c1ccccc1)c1ccc([N+](=O)[O-])cc1. The lowest BCUT2D eigenvalue weighted by Crippen LogP contribution is -2.18. The van der Waals surface area contributed by atoms with Crippen molar-refractivity contribution in [1.82, 2.24) is 0 Å². The van der Waals surface area contributed by atoms with Crippen LogP contribution in [0.3, 0.4) is 0 Å². The fourth-order valence-electron chi connectivity index (χ4n) is 2.32. The van der Waals surface area contributed by atoms with Gasteiger partial charge in [0.05, 0.1) is 4.92 Å². The molecule has 0 heterocycles. The summed E-state index contributed by atoms with van der Waals surface area (Å²) in [6.07, 6.45) is 1.45. The van der Waals surface area contributed by atoms with Crippen molar-refractivity contribution in [2.75, 3.05) is 11.4 Å². The van der Waals surface area contributed by atoms with Crippen LogP contribution >= 0.6 is 0 Å². The second-order valence-corrected chi connectivity index (χ2v) is 5.11. The van der Waals surface area contributed by atoms with Crippen LogP contribution in [0.2, 0.25) is 0 Å². The van der Waals surface area contributed by atoms with Crippen LogP contribution in [-0.4, -0.2) is 22.5 Å². The van der Waals surface area contributed by atoms with Crippen LogP contribution < -0.4 is 4.90 Å². The molecule has 0 saturated heterocycles. The molecular formula is C17H18N2O4. The molecule has 0 unspecified atom stereocenters. The van der Waals surface area contributed by atoms with E-state index in [-0.39, 0.29) is 12.1 Å². The standard InChI is InChI=1S/C17H18N2O4/c20-17(21)8-4-5-13-18(14-6-2-1-3-7-14)15-9-11-16(12-10-15)19(22)23/h1-3,6-7,9-12H,4-5,8,13H2,(H,20,21). The van der Waals surface area contributed by atoms with Crippen molar-refractivity contribution in [1.29, 1.82) is 0 Å². The van der Waals surface area contributed by atoms with Crippen LogP contribution in [0.25, 0.3) is 0 Å². The van der Waals surface area contributed by atoms with Gasteiger partial charge in [-0.25, -0.2) is 0 Å². The van der Waals surface area contributed by atoms with Crippen LogP contribution in [0.4, 0.5) is 17.1 Å². The fraction of sp³-hybridized carbons (Fsp3) is 0.235. The van der Waals surface area contributed by atoms with E-state index in [1.54, 1.807) is 12.1 Å². The van der Waals surface area contributed by atoms with Crippen molar-refractivity contribution in [2.45, 2.75) is 19.3 Å². The van der Waals surface area contributed by atoms with E-state index in [9.17, 15) is 14.9 Å². The highest BCUT2D eigenvalue weighted by Gasteiger charge is 2.11. The molecule has 0 aromatic heterocycles. The number of benzene rings is 2.